The Hall–Kier alpha value is -1.95. The van der Waals surface area contributed by atoms with Crippen LogP contribution in [0.4, 0.5) is 4.39 Å². The van der Waals surface area contributed by atoms with Crippen molar-refractivity contribution in [1.29, 1.82) is 0 Å². The highest BCUT2D eigenvalue weighted by molar-refractivity contribution is 5.81. The lowest BCUT2D eigenvalue weighted by atomic mass is 10.2. The zero-order chi connectivity index (χ0) is 14.5. The number of rotatable bonds is 5. The van der Waals surface area contributed by atoms with Crippen molar-refractivity contribution in [2.75, 3.05) is 6.54 Å². The minimum atomic E-state index is -0.301. The zero-order valence-corrected chi connectivity index (χ0v) is 11.4. The normalized spacial score (nSPS) is 15.5. The van der Waals surface area contributed by atoms with Gasteiger partial charge in [-0.3, -0.25) is 20.4 Å². The van der Waals surface area contributed by atoms with Gasteiger partial charge in [-0.05, 0) is 12.1 Å². The molecule has 0 bridgehead atoms. The Bertz CT molecular complexity index is 486. The second kappa shape index (κ2) is 6.47. The molecule has 3 N–H and O–H groups in total. The Balaban J connectivity index is 1.89. The molecule has 20 heavy (non-hydrogen) atoms. The highest BCUT2D eigenvalue weighted by Crippen LogP contribution is 2.15. The number of hydrogen-bond donors (Lipinski definition) is 3. The molecule has 1 aliphatic carbocycles. The van der Waals surface area contributed by atoms with E-state index in [1.807, 2.05) is 0 Å². The molecule has 0 saturated heterocycles. The highest BCUT2D eigenvalue weighted by Gasteiger charge is 2.34. The molecule has 1 unspecified atom stereocenters. The van der Waals surface area contributed by atoms with Gasteiger partial charge >= 0.3 is 0 Å². The van der Waals surface area contributed by atoms with Gasteiger partial charge in [-0.2, -0.15) is 0 Å². The second-order valence-electron chi connectivity index (χ2n) is 5.14. The average molecular weight is 280 g/mol. The zero-order valence-electron chi connectivity index (χ0n) is 11.4. The molecule has 1 atom stereocenters. The molecule has 108 valence electrons. The van der Waals surface area contributed by atoms with Crippen LogP contribution in [0.25, 0.3) is 0 Å². The van der Waals surface area contributed by atoms with Crippen LogP contribution in [-0.2, 0) is 16.1 Å². The van der Waals surface area contributed by atoms with Crippen molar-refractivity contribution in [3.63, 3.8) is 0 Å². The SMILES string of the molecule is CC(=O)NNC(=O)C[NH+](Cc1ccc(F)cc1)C1CC1. The maximum atomic E-state index is 12.9. The molecule has 0 spiro atoms. The van der Waals surface area contributed by atoms with E-state index in [9.17, 15) is 14.0 Å². The van der Waals surface area contributed by atoms with Gasteiger partial charge in [0.2, 0.25) is 5.91 Å². The van der Waals surface area contributed by atoms with Crippen LogP contribution in [0.15, 0.2) is 24.3 Å². The third-order valence-electron chi connectivity index (χ3n) is 3.26. The topological polar surface area (TPSA) is 62.6 Å². The molecule has 5 nitrogen and oxygen atoms in total. The van der Waals surface area contributed by atoms with Gasteiger partial charge in [0.15, 0.2) is 6.54 Å². The quantitative estimate of drug-likeness (QED) is 0.639. The third kappa shape index (κ3) is 4.62. The van der Waals surface area contributed by atoms with Crippen molar-refractivity contribution in [3.8, 4) is 0 Å². The molecule has 1 aromatic rings. The molecule has 6 heteroatoms. The van der Waals surface area contributed by atoms with Gasteiger partial charge in [0, 0.05) is 25.3 Å². The summed E-state index contributed by atoms with van der Waals surface area (Å²) in [5.74, 6) is -0.779. The van der Waals surface area contributed by atoms with E-state index < -0.39 is 0 Å². The lowest BCUT2D eigenvalue weighted by Gasteiger charge is -2.18. The summed E-state index contributed by atoms with van der Waals surface area (Å²) in [4.78, 5) is 23.6. The Kier molecular flexibility index (Phi) is 4.68. The first-order valence-corrected chi connectivity index (χ1v) is 6.69. The van der Waals surface area contributed by atoms with Crippen LogP contribution in [0.1, 0.15) is 25.3 Å². The summed E-state index contributed by atoms with van der Waals surface area (Å²) < 4.78 is 12.9. The molecule has 0 radical (unpaired) electrons. The predicted octanol–water partition coefficient (Wildman–Crippen LogP) is -0.460. The molecule has 1 aliphatic rings. The van der Waals surface area contributed by atoms with Gasteiger partial charge in [0.25, 0.3) is 5.91 Å². The first-order valence-electron chi connectivity index (χ1n) is 6.69. The van der Waals surface area contributed by atoms with Gasteiger partial charge in [-0.15, -0.1) is 0 Å². The number of benzene rings is 1. The Labute approximate surface area is 117 Å². The fourth-order valence-electron chi connectivity index (χ4n) is 2.12. The molecule has 0 heterocycles. The Morgan fingerprint density at radius 2 is 1.90 bits per heavy atom. The van der Waals surface area contributed by atoms with Crippen LogP contribution < -0.4 is 15.8 Å². The average Bonchev–Trinajstić information content (AvgIpc) is 3.22. The fourth-order valence-corrected chi connectivity index (χ4v) is 2.12. The van der Waals surface area contributed by atoms with Crippen LogP contribution in [-0.4, -0.2) is 24.4 Å². The van der Waals surface area contributed by atoms with Crippen molar-refractivity contribution in [2.45, 2.75) is 32.4 Å². The number of halogens is 1. The molecule has 0 aromatic heterocycles. The maximum absolute atomic E-state index is 12.9. The summed E-state index contributed by atoms with van der Waals surface area (Å²) in [6, 6.07) is 6.81. The third-order valence-corrected chi connectivity index (χ3v) is 3.26. The Morgan fingerprint density at radius 1 is 1.25 bits per heavy atom. The van der Waals surface area contributed by atoms with Crippen LogP contribution in [0, 0.1) is 5.82 Å². The van der Waals surface area contributed by atoms with E-state index in [1.165, 1.54) is 19.1 Å². The number of carbonyl (C=O) groups is 2. The molecule has 1 aromatic carbocycles. The minimum Gasteiger partial charge on any atom is -0.321 e. The summed E-state index contributed by atoms with van der Waals surface area (Å²) in [7, 11) is 0. The van der Waals surface area contributed by atoms with Crippen LogP contribution in [0.5, 0.6) is 0 Å². The fraction of sp³-hybridized carbons (Fsp3) is 0.429. The molecular formula is C14H19FN3O2+. The lowest BCUT2D eigenvalue weighted by molar-refractivity contribution is -0.917. The van der Waals surface area contributed by atoms with E-state index in [0.717, 1.165) is 23.3 Å². The second-order valence-corrected chi connectivity index (χ2v) is 5.14. The lowest BCUT2D eigenvalue weighted by Crippen LogP contribution is -3.13. The van der Waals surface area contributed by atoms with E-state index in [0.29, 0.717) is 19.1 Å². The summed E-state index contributed by atoms with van der Waals surface area (Å²) >= 11 is 0. The number of hydrazine groups is 1. The largest absolute Gasteiger partial charge is 0.321 e. The van der Waals surface area contributed by atoms with E-state index >= 15 is 0 Å². The van der Waals surface area contributed by atoms with E-state index in [1.54, 1.807) is 12.1 Å². The molecule has 2 rings (SSSR count). The van der Waals surface area contributed by atoms with Gasteiger partial charge in [0.1, 0.15) is 12.4 Å². The molecule has 0 aliphatic heterocycles. The summed E-state index contributed by atoms with van der Waals surface area (Å²) in [6.07, 6.45) is 2.20. The molecule has 1 fully saturated rings. The number of nitrogens with one attached hydrogen (secondary N) is 3. The number of hydrogen-bond acceptors (Lipinski definition) is 2. The van der Waals surface area contributed by atoms with Crippen LogP contribution >= 0.6 is 0 Å². The number of carbonyl (C=O) groups excluding carboxylic acids is 2. The maximum Gasteiger partial charge on any atom is 0.293 e. The van der Waals surface area contributed by atoms with Gasteiger partial charge in [-0.1, -0.05) is 12.1 Å². The van der Waals surface area contributed by atoms with Crippen molar-refractivity contribution in [3.05, 3.63) is 35.6 Å². The molecule has 1 saturated carbocycles. The minimum absolute atomic E-state index is 0.218. The van der Waals surface area contributed by atoms with E-state index in [-0.39, 0.29) is 17.6 Å². The smallest absolute Gasteiger partial charge is 0.293 e. The summed E-state index contributed by atoms with van der Waals surface area (Å²) in [5, 5.41) is 0. The number of amides is 2. The van der Waals surface area contributed by atoms with Crippen LogP contribution in [0.3, 0.4) is 0 Å². The van der Waals surface area contributed by atoms with Gasteiger partial charge in [0.05, 0.1) is 6.04 Å². The summed E-state index contributed by atoms with van der Waals surface area (Å²) in [5.41, 5.74) is 5.65. The predicted molar refractivity (Wildman–Crippen MR) is 70.9 cm³/mol. The number of quaternary nitrogens is 1. The summed E-state index contributed by atoms with van der Waals surface area (Å²) in [6.45, 7) is 2.31. The van der Waals surface area contributed by atoms with Crippen molar-refractivity contribution in [1.82, 2.24) is 10.9 Å². The van der Waals surface area contributed by atoms with Gasteiger partial charge in [-0.25, -0.2) is 4.39 Å². The van der Waals surface area contributed by atoms with Crippen molar-refractivity contribution in [2.24, 2.45) is 0 Å². The Morgan fingerprint density at radius 3 is 2.45 bits per heavy atom. The van der Waals surface area contributed by atoms with Crippen molar-refractivity contribution < 1.29 is 18.9 Å². The first-order chi connectivity index (χ1) is 9.54. The van der Waals surface area contributed by atoms with Crippen LogP contribution in [0.2, 0.25) is 0 Å². The van der Waals surface area contributed by atoms with E-state index in [4.69, 9.17) is 0 Å². The molecule has 2 amide bonds. The van der Waals surface area contributed by atoms with Crippen molar-refractivity contribution >= 4 is 11.8 Å². The molecular weight excluding hydrogens is 261 g/mol. The van der Waals surface area contributed by atoms with E-state index in [2.05, 4.69) is 10.9 Å². The van der Waals surface area contributed by atoms with Gasteiger partial charge < -0.3 is 4.90 Å². The standard InChI is InChI=1S/C14H18FN3O2/c1-10(19)16-17-14(20)9-18(13-6-7-13)8-11-2-4-12(15)5-3-11/h2-5,13H,6-9H2,1H3,(H,16,19)(H,17,20)/p+1. The monoisotopic (exact) mass is 280 g/mol. The first kappa shape index (κ1) is 14.5. The highest BCUT2D eigenvalue weighted by atomic mass is 19.1.